The summed E-state index contributed by atoms with van der Waals surface area (Å²) < 4.78 is 16.6. The monoisotopic (exact) mass is 743 g/mol. The van der Waals surface area contributed by atoms with Crippen LogP contribution in [0.15, 0.2) is 48.6 Å². The zero-order valence-electron chi connectivity index (χ0n) is 34.8. The molecule has 1 atom stereocenters. The molecule has 0 fully saturated rings. The van der Waals surface area contributed by atoms with Crippen LogP contribution in [0.4, 0.5) is 0 Å². The molecule has 6 nitrogen and oxygen atoms in total. The third-order valence-corrected chi connectivity index (χ3v) is 9.35. The van der Waals surface area contributed by atoms with E-state index in [0.29, 0.717) is 19.3 Å². The highest BCUT2D eigenvalue weighted by Crippen LogP contribution is 2.13. The first-order valence-electron chi connectivity index (χ1n) is 22.1. The van der Waals surface area contributed by atoms with Crippen molar-refractivity contribution in [1.29, 1.82) is 0 Å². The van der Waals surface area contributed by atoms with E-state index in [1.54, 1.807) is 0 Å². The molecule has 0 aliphatic carbocycles. The lowest BCUT2D eigenvalue weighted by Crippen LogP contribution is -2.30. The van der Waals surface area contributed by atoms with Crippen LogP contribution in [-0.2, 0) is 28.6 Å². The van der Waals surface area contributed by atoms with Crippen molar-refractivity contribution in [3.05, 3.63) is 48.6 Å². The number of hydrogen-bond donors (Lipinski definition) is 0. The number of allylic oxidation sites excluding steroid dienone is 8. The van der Waals surface area contributed by atoms with Gasteiger partial charge >= 0.3 is 17.9 Å². The Morgan fingerprint density at radius 1 is 0.396 bits per heavy atom. The summed E-state index contributed by atoms with van der Waals surface area (Å²) in [5, 5.41) is 0. The molecule has 0 saturated heterocycles. The second-order valence-corrected chi connectivity index (χ2v) is 14.6. The molecule has 0 N–H and O–H groups in total. The Hall–Kier alpha value is -2.63. The molecule has 0 heterocycles. The summed E-state index contributed by atoms with van der Waals surface area (Å²) in [6, 6.07) is 0. The predicted molar refractivity (Wildman–Crippen MR) is 224 cm³/mol. The van der Waals surface area contributed by atoms with Crippen molar-refractivity contribution in [1.82, 2.24) is 0 Å². The van der Waals surface area contributed by atoms with Crippen molar-refractivity contribution in [3.63, 3.8) is 0 Å². The summed E-state index contributed by atoms with van der Waals surface area (Å²) in [5.41, 5.74) is 0. The van der Waals surface area contributed by atoms with E-state index in [-0.39, 0.29) is 31.1 Å². The Kier molecular flexibility index (Phi) is 40.0. The average molecular weight is 743 g/mol. The second-order valence-electron chi connectivity index (χ2n) is 14.6. The summed E-state index contributed by atoms with van der Waals surface area (Å²) in [6.07, 6.45) is 48.2. The first kappa shape index (κ1) is 50.4. The van der Waals surface area contributed by atoms with Gasteiger partial charge in [-0.2, -0.15) is 0 Å². The van der Waals surface area contributed by atoms with E-state index in [9.17, 15) is 14.4 Å². The van der Waals surface area contributed by atoms with E-state index >= 15 is 0 Å². The minimum Gasteiger partial charge on any atom is -0.462 e. The van der Waals surface area contributed by atoms with Crippen LogP contribution < -0.4 is 0 Å². The molecule has 0 saturated carbocycles. The minimum atomic E-state index is -0.770. The zero-order valence-corrected chi connectivity index (χ0v) is 34.8. The molecule has 0 bridgehead atoms. The highest BCUT2D eigenvalue weighted by Gasteiger charge is 2.19. The van der Waals surface area contributed by atoms with Crippen molar-refractivity contribution in [2.45, 2.75) is 219 Å². The number of carbonyl (C=O) groups excluding carboxylic acids is 3. The summed E-state index contributed by atoms with van der Waals surface area (Å²) in [6.45, 7) is 6.44. The molecule has 1 unspecified atom stereocenters. The predicted octanol–water partition coefficient (Wildman–Crippen LogP) is 14.0. The van der Waals surface area contributed by atoms with Gasteiger partial charge in [-0.1, -0.05) is 185 Å². The molecule has 0 aliphatic rings. The fourth-order valence-electron chi connectivity index (χ4n) is 6.02. The van der Waals surface area contributed by atoms with Gasteiger partial charge in [-0.25, -0.2) is 0 Å². The molecule has 0 aromatic rings. The van der Waals surface area contributed by atoms with Crippen LogP contribution in [0.1, 0.15) is 213 Å². The number of carbonyl (C=O) groups is 3. The number of hydrogen-bond acceptors (Lipinski definition) is 6. The van der Waals surface area contributed by atoms with Gasteiger partial charge in [0.25, 0.3) is 0 Å². The molecule has 0 spiro atoms. The van der Waals surface area contributed by atoms with Gasteiger partial charge in [0.05, 0.1) is 0 Å². The third-order valence-electron chi connectivity index (χ3n) is 9.35. The highest BCUT2D eigenvalue weighted by molar-refractivity contribution is 5.71. The smallest absolute Gasteiger partial charge is 0.306 e. The van der Waals surface area contributed by atoms with Crippen molar-refractivity contribution >= 4 is 17.9 Å². The molecule has 0 aromatic heterocycles. The van der Waals surface area contributed by atoms with Crippen LogP contribution in [0.3, 0.4) is 0 Å². The molecular weight excluding hydrogens is 661 g/mol. The van der Waals surface area contributed by atoms with Gasteiger partial charge in [0.1, 0.15) is 13.2 Å². The maximum Gasteiger partial charge on any atom is 0.306 e. The molecule has 306 valence electrons. The molecular formula is C47H82O6. The second kappa shape index (κ2) is 42.1. The summed E-state index contributed by atoms with van der Waals surface area (Å²) in [4.78, 5) is 37.5. The quantitative estimate of drug-likeness (QED) is 0.0270. The first-order chi connectivity index (χ1) is 26.0. The van der Waals surface area contributed by atoms with Gasteiger partial charge in [0.2, 0.25) is 0 Å². The maximum atomic E-state index is 12.6. The van der Waals surface area contributed by atoms with Gasteiger partial charge in [-0.3, -0.25) is 14.4 Å². The fourth-order valence-corrected chi connectivity index (χ4v) is 6.02. The minimum absolute atomic E-state index is 0.0762. The van der Waals surface area contributed by atoms with E-state index in [2.05, 4.69) is 69.4 Å². The van der Waals surface area contributed by atoms with Gasteiger partial charge in [-0.15, -0.1) is 0 Å². The molecule has 0 rings (SSSR count). The van der Waals surface area contributed by atoms with Gasteiger partial charge in [-0.05, 0) is 57.8 Å². The van der Waals surface area contributed by atoms with Crippen LogP contribution in [-0.4, -0.2) is 37.2 Å². The lowest BCUT2D eigenvalue weighted by atomic mass is 10.1. The average Bonchev–Trinajstić information content (AvgIpc) is 3.15. The number of unbranched alkanes of at least 4 members (excludes halogenated alkanes) is 20. The Balaban J connectivity index is 4.26. The number of esters is 3. The Morgan fingerprint density at radius 2 is 0.736 bits per heavy atom. The van der Waals surface area contributed by atoms with Crippen molar-refractivity contribution in [3.8, 4) is 0 Å². The van der Waals surface area contributed by atoms with Crippen LogP contribution in [0.25, 0.3) is 0 Å². The van der Waals surface area contributed by atoms with E-state index in [1.807, 2.05) is 0 Å². The van der Waals surface area contributed by atoms with Crippen LogP contribution >= 0.6 is 0 Å². The lowest BCUT2D eigenvalue weighted by Gasteiger charge is -2.18. The Morgan fingerprint density at radius 3 is 1.15 bits per heavy atom. The molecule has 0 aliphatic heterocycles. The number of ether oxygens (including phenoxy) is 3. The normalized spacial score (nSPS) is 12.4. The molecule has 6 heteroatoms. The van der Waals surface area contributed by atoms with Crippen LogP contribution in [0, 0.1) is 0 Å². The van der Waals surface area contributed by atoms with Crippen molar-refractivity contribution in [2.75, 3.05) is 13.2 Å². The summed E-state index contributed by atoms with van der Waals surface area (Å²) >= 11 is 0. The van der Waals surface area contributed by atoms with Gasteiger partial charge in [0, 0.05) is 19.3 Å². The molecule has 0 aromatic carbocycles. The van der Waals surface area contributed by atoms with E-state index in [0.717, 1.165) is 89.9 Å². The zero-order chi connectivity index (χ0) is 38.7. The summed E-state index contributed by atoms with van der Waals surface area (Å²) in [7, 11) is 0. The topological polar surface area (TPSA) is 78.9 Å². The Labute approximate surface area is 327 Å². The van der Waals surface area contributed by atoms with Crippen molar-refractivity contribution < 1.29 is 28.6 Å². The highest BCUT2D eigenvalue weighted by atomic mass is 16.6. The lowest BCUT2D eigenvalue weighted by molar-refractivity contribution is -0.167. The van der Waals surface area contributed by atoms with E-state index < -0.39 is 6.10 Å². The molecule has 0 amide bonds. The molecule has 53 heavy (non-hydrogen) atoms. The van der Waals surface area contributed by atoms with E-state index in [1.165, 1.54) is 83.5 Å². The standard InChI is InChI=1S/C47H82O6/c1-4-7-10-13-16-19-20-21-22-23-24-25-26-27-28-29-32-34-37-40-46(49)52-43-44(53-47(50)41-38-35-31-18-15-12-9-6-3)42-51-45(48)39-36-33-30-17-14-11-8-5-2/h7,10,16,19,21-22,24-25,44H,4-6,8-9,11-15,17-18,20,23,26-43H2,1-3H3/b10-7-,19-16-,22-21-,25-24-. The number of rotatable bonds is 39. The van der Waals surface area contributed by atoms with Crippen LogP contribution in [0.5, 0.6) is 0 Å². The van der Waals surface area contributed by atoms with Gasteiger partial charge in [0.15, 0.2) is 6.10 Å². The summed E-state index contributed by atoms with van der Waals surface area (Å²) in [5.74, 6) is -0.901. The molecule has 0 radical (unpaired) electrons. The van der Waals surface area contributed by atoms with Gasteiger partial charge < -0.3 is 14.2 Å². The fraction of sp³-hybridized carbons (Fsp3) is 0.766. The Bertz CT molecular complexity index is 949. The maximum absolute atomic E-state index is 12.6. The largest absolute Gasteiger partial charge is 0.462 e. The van der Waals surface area contributed by atoms with Crippen molar-refractivity contribution in [2.24, 2.45) is 0 Å². The van der Waals surface area contributed by atoms with E-state index in [4.69, 9.17) is 14.2 Å². The third kappa shape index (κ3) is 40.4. The first-order valence-corrected chi connectivity index (χ1v) is 22.1. The SMILES string of the molecule is CC/C=C\C/C=C\C/C=C\C/C=C\CCCCCCCCC(=O)OCC(COC(=O)CCCCCCCCCC)OC(=O)CCCCCCCCCC. The van der Waals surface area contributed by atoms with Crippen LogP contribution in [0.2, 0.25) is 0 Å².